The van der Waals surface area contributed by atoms with Gasteiger partial charge in [0.2, 0.25) is 0 Å². The molecule has 0 unspecified atom stereocenters. The van der Waals surface area contributed by atoms with Crippen LogP contribution >= 0.6 is 24.7 Å². The highest BCUT2D eigenvalue weighted by Gasteiger charge is 2.37. The number of hydrogen-bond donors (Lipinski definition) is 1. The highest BCUT2D eigenvalue weighted by atomic mass is 31.3. The Labute approximate surface area is 277 Å². The van der Waals surface area contributed by atoms with Crippen LogP contribution in [0.25, 0.3) is 0 Å². The van der Waals surface area contributed by atoms with Crippen LogP contribution in [0.3, 0.4) is 0 Å². The van der Waals surface area contributed by atoms with E-state index in [1.807, 2.05) is 182 Å². The van der Waals surface area contributed by atoms with Crippen molar-refractivity contribution < 1.29 is 27.1 Å². The van der Waals surface area contributed by atoms with Crippen LogP contribution in [0.15, 0.2) is 187 Å². The maximum Gasteiger partial charge on any atom is 0.443 e. The zero-order valence-corrected chi connectivity index (χ0v) is 27.7. The van der Waals surface area contributed by atoms with E-state index in [4.69, 9.17) is 31.7 Å². The van der Waals surface area contributed by atoms with Crippen molar-refractivity contribution in [2.45, 2.75) is 0 Å². The molecule has 236 valence electrons. The van der Waals surface area contributed by atoms with E-state index in [0.717, 1.165) is 0 Å². The summed E-state index contributed by atoms with van der Waals surface area (Å²) in [6, 6.07) is 56.1. The van der Waals surface area contributed by atoms with E-state index in [0.29, 0.717) is 34.5 Å². The highest BCUT2D eigenvalue weighted by molar-refractivity contribution is 7.71. The van der Waals surface area contributed by atoms with Crippen molar-refractivity contribution in [3.63, 3.8) is 0 Å². The molecule has 6 aromatic rings. The number of rotatable bonds is 15. The zero-order chi connectivity index (χ0) is 32.0. The van der Waals surface area contributed by atoms with Gasteiger partial charge in [-0.15, -0.1) is 9.37 Å². The number of hydrogen-bond acceptors (Lipinski definition) is 7. The average Bonchev–Trinajstić information content (AvgIpc) is 3.11. The molecular formula is C36H31N2O6P3. The molecule has 0 spiro atoms. The quantitative estimate of drug-likeness (QED) is 0.108. The molecule has 0 radical (unpaired) electrons. The van der Waals surface area contributed by atoms with Gasteiger partial charge in [0.05, 0.1) is 0 Å². The Morgan fingerprint density at radius 3 is 0.957 bits per heavy atom. The lowest BCUT2D eigenvalue weighted by molar-refractivity contribution is 0.447. The molecule has 0 saturated carbocycles. The molecule has 0 aliphatic rings. The van der Waals surface area contributed by atoms with Gasteiger partial charge in [-0.2, -0.15) is 0 Å². The van der Waals surface area contributed by atoms with E-state index in [-0.39, 0.29) is 0 Å². The lowest BCUT2D eigenvalue weighted by Crippen LogP contribution is -2.19. The summed E-state index contributed by atoms with van der Waals surface area (Å²) in [6.07, 6.45) is 0. The summed E-state index contributed by atoms with van der Waals surface area (Å²) in [5.74, 6) is 3.33. The fourth-order valence-corrected chi connectivity index (χ4v) is 9.48. The molecule has 0 fully saturated rings. The van der Waals surface area contributed by atoms with Crippen LogP contribution in [0.1, 0.15) is 0 Å². The molecule has 0 bridgehead atoms. The van der Waals surface area contributed by atoms with Crippen LogP contribution in [0, 0.1) is 0 Å². The van der Waals surface area contributed by atoms with Crippen molar-refractivity contribution >= 4 is 24.7 Å². The zero-order valence-electron chi connectivity index (χ0n) is 25.1. The minimum Gasteiger partial charge on any atom is -0.427 e. The van der Waals surface area contributed by atoms with E-state index in [1.165, 1.54) is 0 Å². The number of nitrogens with zero attached hydrogens (tertiary/aromatic N) is 1. The van der Waals surface area contributed by atoms with Gasteiger partial charge >= 0.3 is 24.7 Å². The van der Waals surface area contributed by atoms with E-state index in [2.05, 4.69) is 4.86 Å². The monoisotopic (exact) mass is 680 g/mol. The minimum atomic E-state index is -3.67. The standard InChI is InChI=1S/C36H31N2O6P3/c1-7-19-31(20-8-1)39-45(40-32-21-9-2-10-22-32)37-47(43-35-27-15-5-16-28-35,44-36-29-17-6-18-30-36)38-46(41-33-23-11-3-12-24-33)42-34-25-13-4-14-26-34/h1-30,37H. The van der Waals surface area contributed by atoms with Crippen LogP contribution in [0.5, 0.6) is 34.5 Å². The SMILES string of the molecule is c1ccc(OP(N=P(NP(Oc2ccccc2)Oc2ccccc2)(Oc2ccccc2)Oc2ccccc2)Oc2ccccc2)cc1. The molecule has 8 nitrogen and oxygen atoms in total. The first-order valence-electron chi connectivity index (χ1n) is 14.6. The Morgan fingerprint density at radius 1 is 0.362 bits per heavy atom. The lowest BCUT2D eigenvalue weighted by atomic mass is 10.3. The van der Waals surface area contributed by atoms with Gasteiger partial charge in [0.1, 0.15) is 34.5 Å². The van der Waals surface area contributed by atoms with Gasteiger partial charge in [0, 0.05) is 0 Å². The van der Waals surface area contributed by atoms with Crippen LogP contribution in [0.4, 0.5) is 0 Å². The van der Waals surface area contributed by atoms with Gasteiger partial charge in [-0.05, 0) is 72.8 Å². The summed E-state index contributed by atoms with van der Waals surface area (Å²) in [5.41, 5.74) is 0. The fraction of sp³-hybridized carbons (Fsp3) is 0. The van der Waals surface area contributed by atoms with Crippen LogP contribution < -0.4 is 32.0 Å². The number of benzene rings is 6. The Morgan fingerprint density at radius 2 is 0.638 bits per heavy atom. The third kappa shape index (κ3) is 10.1. The Hall–Kier alpha value is -4.83. The Bertz CT molecular complexity index is 1700. The van der Waals surface area contributed by atoms with Gasteiger partial charge in [0.25, 0.3) is 0 Å². The minimum absolute atomic E-state index is 0.511. The fourth-order valence-electron chi connectivity index (χ4n) is 3.98. The summed E-state index contributed by atoms with van der Waals surface area (Å²) in [6.45, 7) is 0. The number of nitrogens with one attached hydrogen (secondary N) is 1. The molecule has 0 heterocycles. The second-order valence-corrected chi connectivity index (χ2v) is 14.3. The smallest absolute Gasteiger partial charge is 0.427 e. The Balaban J connectivity index is 1.49. The van der Waals surface area contributed by atoms with Crippen molar-refractivity contribution in [3.05, 3.63) is 182 Å². The normalized spacial score (nSPS) is 11.0. The number of para-hydroxylation sites is 6. The van der Waals surface area contributed by atoms with Crippen molar-refractivity contribution in [2.75, 3.05) is 0 Å². The van der Waals surface area contributed by atoms with E-state index in [9.17, 15) is 0 Å². The first-order valence-corrected chi connectivity index (χ1v) is 18.5. The highest BCUT2D eigenvalue weighted by Crippen LogP contribution is 2.61. The molecule has 0 saturated heterocycles. The maximum absolute atomic E-state index is 6.74. The maximum atomic E-state index is 6.74. The topological polar surface area (TPSA) is 79.8 Å². The molecule has 0 aliphatic carbocycles. The Kier molecular flexibility index (Phi) is 11.4. The molecule has 0 aromatic heterocycles. The predicted molar refractivity (Wildman–Crippen MR) is 189 cm³/mol. The van der Waals surface area contributed by atoms with E-state index in [1.54, 1.807) is 0 Å². The predicted octanol–water partition coefficient (Wildman–Crippen LogP) is 11.4. The van der Waals surface area contributed by atoms with Crippen molar-refractivity contribution in [3.8, 4) is 34.5 Å². The van der Waals surface area contributed by atoms with E-state index < -0.39 is 24.7 Å². The second-order valence-electron chi connectivity index (χ2n) is 9.63. The molecular weight excluding hydrogens is 649 g/mol. The molecule has 47 heavy (non-hydrogen) atoms. The van der Waals surface area contributed by atoms with Crippen molar-refractivity contribution in [2.24, 2.45) is 4.52 Å². The van der Waals surface area contributed by atoms with Crippen LogP contribution in [-0.2, 0) is 0 Å². The summed E-state index contributed by atoms with van der Waals surface area (Å²) in [5, 5.41) is 0. The molecule has 6 aromatic carbocycles. The van der Waals surface area contributed by atoms with Gasteiger partial charge < -0.3 is 27.1 Å². The van der Waals surface area contributed by atoms with Gasteiger partial charge in [0.15, 0.2) is 0 Å². The molecule has 1 N–H and O–H groups in total. The third-order valence-electron chi connectivity index (χ3n) is 6.06. The molecule has 11 heteroatoms. The van der Waals surface area contributed by atoms with Crippen LogP contribution in [0.2, 0.25) is 0 Å². The summed E-state index contributed by atoms with van der Waals surface area (Å²) >= 11 is 0. The van der Waals surface area contributed by atoms with Gasteiger partial charge in [-0.1, -0.05) is 109 Å². The molecule has 6 rings (SSSR count). The van der Waals surface area contributed by atoms with Crippen molar-refractivity contribution in [1.82, 2.24) is 4.86 Å². The van der Waals surface area contributed by atoms with Crippen molar-refractivity contribution in [1.29, 1.82) is 0 Å². The molecule has 0 atom stereocenters. The second kappa shape index (κ2) is 16.6. The summed E-state index contributed by atoms with van der Waals surface area (Å²) < 4.78 is 44.3. The first-order chi connectivity index (χ1) is 23.2. The van der Waals surface area contributed by atoms with Gasteiger partial charge in [-0.3, -0.25) is 0 Å². The first kappa shape index (κ1) is 32.1. The van der Waals surface area contributed by atoms with Gasteiger partial charge in [-0.25, -0.2) is 0 Å². The largest absolute Gasteiger partial charge is 0.443 e. The third-order valence-corrected chi connectivity index (χ3v) is 11.7. The summed E-state index contributed by atoms with van der Waals surface area (Å²) in [7, 11) is -7.74. The lowest BCUT2D eigenvalue weighted by Gasteiger charge is -2.29. The molecule has 0 amide bonds. The summed E-state index contributed by atoms with van der Waals surface area (Å²) in [4.78, 5) is 3.44. The van der Waals surface area contributed by atoms with Crippen LogP contribution in [-0.4, -0.2) is 0 Å². The molecule has 0 aliphatic heterocycles. The van der Waals surface area contributed by atoms with E-state index >= 15 is 0 Å². The average molecular weight is 681 g/mol.